The lowest BCUT2D eigenvalue weighted by Crippen LogP contribution is -2.38. The van der Waals surface area contributed by atoms with E-state index < -0.39 is 47.7 Å². The number of benzene rings is 1. The van der Waals surface area contributed by atoms with Crippen LogP contribution in [0.4, 0.5) is 31.1 Å². The Labute approximate surface area is 213 Å². The lowest BCUT2D eigenvalue weighted by molar-refractivity contribution is -0.144. The van der Waals surface area contributed by atoms with Gasteiger partial charge in [-0.3, -0.25) is 14.4 Å². The van der Waals surface area contributed by atoms with Gasteiger partial charge in [-0.05, 0) is 62.7 Å². The van der Waals surface area contributed by atoms with Crippen LogP contribution >= 0.6 is 0 Å². The summed E-state index contributed by atoms with van der Waals surface area (Å²) in [5, 5.41) is 13.8. The van der Waals surface area contributed by atoms with E-state index in [1.807, 2.05) is 13.0 Å². The largest absolute Gasteiger partial charge is 0.481 e. The molecule has 0 saturated carbocycles. The molecule has 14 heteroatoms. The van der Waals surface area contributed by atoms with Crippen molar-refractivity contribution in [3.05, 3.63) is 52.3 Å². The number of piperidine rings is 1. The molecule has 3 heterocycles. The number of halogens is 6. The summed E-state index contributed by atoms with van der Waals surface area (Å²) < 4.78 is 85.3. The van der Waals surface area contributed by atoms with E-state index >= 15 is 0 Å². The highest BCUT2D eigenvalue weighted by atomic mass is 19.4. The summed E-state index contributed by atoms with van der Waals surface area (Å²) in [5.41, 5.74) is -1.92. The zero-order chi connectivity index (χ0) is 27.8. The third-order valence-electron chi connectivity index (χ3n) is 6.94. The van der Waals surface area contributed by atoms with Crippen LogP contribution in [0.5, 0.6) is 0 Å². The fraction of sp³-hybridized carbons (Fsp3) is 0.542. The number of carboxylic acids is 1. The van der Waals surface area contributed by atoms with Crippen molar-refractivity contribution in [1.29, 1.82) is 0 Å². The number of fused-ring (bicyclic) bond motifs is 1. The van der Waals surface area contributed by atoms with Crippen LogP contribution in [-0.4, -0.2) is 56.4 Å². The van der Waals surface area contributed by atoms with Crippen molar-refractivity contribution in [2.45, 2.75) is 57.9 Å². The summed E-state index contributed by atoms with van der Waals surface area (Å²) in [4.78, 5) is 27.2. The van der Waals surface area contributed by atoms with E-state index in [0.29, 0.717) is 50.3 Å². The van der Waals surface area contributed by atoms with E-state index in [9.17, 15) is 41.0 Å². The van der Waals surface area contributed by atoms with Crippen LogP contribution in [0.25, 0.3) is 0 Å². The molecular weight excluding hydrogens is 522 g/mol. The Balaban J connectivity index is 1.38. The Kier molecular flexibility index (Phi) is 7.64. The predicted octanol–water partition coefficient (Wildman–Crippen LogP) is 4.93. The maximum absolute atomic E-state index is 13.1. The lowest BCUT2D eigenvalue weighted by atomic mass is 9.96. The van der Waals surface area contributed by atoms with Crippen LogP contribution in [0, 0.1) is 5.92 Å². The number of nitrogens with zero attached hydrogens (tertiary/aromatic N) is 4. The summed E-state index contributed by atoms with van der Waals surface area (Å²) in [6.07, 6.45) is -9.76. The van der Waals surface area contributed by atoms with Crippen molar-refractivity contribution >= 4 is 12.1 Å². The van der Waals surface area contributed by atoms with Crippen molar-refractivity contribution < 1.29 is 45.8 Å². The number of hydrogen-bond donors (Lipinski definition) is 1. The first-order valence-electron chi connectivity index (χ1n) is 12.0. The zero-order valence-corrected chi connectivity index (χ0v) is 20.3. The molecule has 1 aromatic carbocycles. The summed E-state index contributed by atoms with van der Waals surface area (Å²) in [7, 11) is 0. The fourth-order valence-electron chi connectivity index (χ4n) is 4.71. The number of carbonyl (C=O) groups excluding carboxylic acids is 1. The van der Waals surface area contributed by atoms with Gasteiger partial charge in [-0.15, -0.1) is 0 Å². The molecule has 1 saturated heterocycles. The average molecular weight is 548 g/mol. The lowest BCUT2D eigenvalue weighted by Gasteiger charge is -2.33. The smallest absolute Gasteiger partial charge is 0.416 e. The van der Waals surface area contributed by atoms with Gasteiger partial charge in [-0.1, -0.05) is 0 Å². The molecule has 1 aromatic heterocycles. The third kappa shape index (κ3) is 6.22. The molecule has 208 valence electrons. The number of amides is 1. The quantitative estimate of drug-likeness (QED) is 0.534. The summed E-state index contributed by atoms with van der Waals surface area (Å²) >= 11 is 0. The van der Waals surface area contributed by atoms with Crippen LogP contribution < -0.4 is 0 Å². The molecule has 0 bridgehead atoms. The van der Waals surface area contributed by atoms with Gasteiger partial charge >= 0.3 is 24.4 Å². The molecule has 4 rings (SSSR count). The Bertz CT molecular complexity index is 1160. The summed E-state index contributed by atoms with van der Waals surface area (Å²) in [5.74, 6) is -1.15. The molecule has 0 aliphatic carbocycles. The molecule has 1 unspecified atom stereocenters. The van der Waals surface area contributed by atoms with E-state index in [0.717, 1.165) is 5.69 Å². The maximum atomic E-state index is 13.1. The van der Waals surface area contributed by atoms with E-state index in [1.165, 1.54) is 4.90 Å². The van der Waals surface area contributed by atoms with Gasteiger partial charge in [-0.25, -0.2) is 4.79 Å². The predicted molar refractivity (Wildman–Crippen MR) is 120 cm³/mol. The molecule has 2 aliphatic rings. The zero-order valence-electron chi connectivity index (χ0n) is 20.3. The molecule has 1 fully saturated rings. The fourth-order valence-corrected chi connectivity index (χ4v) is 4.71. The average Bonchev–Trinajstić information content (AvgIpc) is 3.29. The molecule has 1 N–H and O–H groups in total. The molecule has 0 radical (unpaired) electrons. The number of ether oxygens (including phenoxy) is 1. The van der Waals surface area contributed by atoms with Crippen molar-refractivity contribution in [1.82, 2.24) is 19.6 Å². The van der Waals surface area contributed by atoms with Gasteiger partial charge in [0.15, 0.2) is 0 Å². The molecule has 0 spiro atoms. The maximum Gasteiger partial charge on any atom is 0.416 e. The second-order valence-electron chi connectivity index (χ2n) is 9.50. The van der Waals surface area contributed by atoms with Crippen LogP contribution in [0.15, 0.2) is 24.3 Å². The number of likely N-dealkylation sites (tertiary alicyclic amines) is 1. The van der Waals surface area contributed by atoms with Crippen LogP contribution in [-0.2, 0) is 41.6 Å². The first-order chi connectivity index (χ1) is 17.7. The molecule has 38 heavy (non-hydrogen) atoms. The van der Waals surface area contributed by atoms with Crippen molar-refractivity contribution in [2.75, 3.05) is 19.6 Å². The van der Waals surface area contributed by atoms with E-state index in [2.05, 4.69) is 10.00 Å². The summed E-state index contributed by atoms with van der Waals surface area (Å²) in [6.45, 7) is 3.08. The van der Waals surface area contributed by atoms with Gasteiger partial charge in [0.2, 0.25) is 0 Å². The number of carboxylic acid groups (broad SMARTS) is 1. The minimum atomic E-state index is -4.99. The van der Waals surface area contributed by atoms with Gasteiger partial charge in [0.05, 0.1) is 47.6 Å². The van der Waals surface area contributed by atoms with Gasteiger partial charge < -0.3 is 14.7 Å². The van der Waals surface area contributed by atoms with Gasteiger partial charge in [-0.2, -0.15) is 31.4 Å². The Hall–Kier alpha value is -3.29. The highest BCUT2D eigenvalue weighted by Gasteiger charge is 2.37. The Morgan fingerprint density at radius 3 is 2.16 bits per heavy atom. The second-order valence-corrected chi connectivity index (χ2v) is 9.50. The van der Waals surface area contributed by atoms with Gasteiger partial charge in [0, 0.05) is 6.54 Å². The number of aliphatic carboxylic acids is 1. The monoisotopic (exact) mass is 548 g/mol. The Morgan fingerprint density at radius 2 is 1.61 bits per heavy atom. The first-order valence-corrected chi connectivity index (χ1v) is 12.0. The first kappa shape index (κ1) is 27.7. The molecule has 2 aliphatic heterocycles. The van der Waals surface area contributed by atoms with Gasteiger partial charge in [0.25, 0.3) is 0 Å². The normalized spacial score (nSPS) is 18.2. The second kappa shape index (κ2) is 10.5. The number of alkyl halides is 6. The third-order valence-corrected chi connectivity index (χ3v) is 6.94. The number of hydrogen-bond acceptors (Lipinski definition) is 5. The number of rotatable bonds is 5. The summed E-state index contributed by atoms with van der Waals surface area (Å²) in [6, 6.07) is 2.83. The van der Waals surface area contributed by atoms with Gasteiger partial charge in [0.1, 0.15) is 6.61 Å². The standard InChI is InChI=1S/C24H26F6N4O4/c1-14(32-4-2-16(3-5-32)21(35)36)20-11-19-12-33(6-7-34(19)31-20)22(37)38-13-15-8-17(23(25,26)27)10-18(9-15)24(28,29)30/h8-11,14,16H,2-7,12-13H2,1H3,(H,35,36). The highest BCUT2D eigenvalue weighted by Crippen LogP contribution is 2.36. The van der Waals surface area contributed by atoms with Crippen LogP contribution in [0.3, 0.4) is 0 Å². The topological polar surface area (TPSA) is 87.9 Å². The van der Waals surface area contributed by atoms with E-state index in [1.54, 1.807) is 4.68 Å². The van der Waals surface area contributed by atoms with E-state index in [-0.39, 0.29) is 31.1 Å². The van der Waals surface area contributed by atoms with Crippen molar-refractivity contribution in [3.8, 4) is 0 Å². The number of carbonyl (C=O) groups is 2. The molecule has 1 atom stereocenters. The van der Waals surface area contributed by atoms with Crippen LogP contribution in [0.1, 0.15) is 53.9 Å². The highest BCUT2D eigenvalue weighted by molar-refractivity contribution is 5.70. The van der Waals surface area contributed by atoms with Crippen LogP contribution in [0.2, 0.25) is 0 Å². The molecule has 8 nitrogen and oxygen atoms in total. The molecule has 1 amide bonds. The van der Waals surface area contributed by atoms with Crippen molar-refractivity contribution in [3.63, 3.8) is 0 Å². The number of aromatic nitrogens is 2. The minimum absolute atomic E-state index is 0.0179. The van der Waals surface area contributed by atoms with Crippen molar-refractivity contribution in [2.24, 2.45) is 5.92 Å². The Morgan fingerprint density at radius 1 is 1.00 bits per heavy atom. The molecular formula is C24H26F6N4O4. The molecule has 2 aromatic rings. The SMILES string of the molecule is CC(c1cc2n(n1)CCN(C(=O)OCc1cc(C(F)(F)F)cc(C(F)(F)F)c1)C2)N1CCC(C(=O)O)CC1. The minimum Gasteiger partial charge on any atom is -0.481 e. The van der Waals surface area contributed by atoms with E-state index in [4.69, 9.17) is 4.74 Å².